The minimum absolute atomic E-state index is 0.118. The number of hydrogen-bond acceptors (Lipinski definition) is 4. The third-order valence-electron chi connectivity index (χ3n) is 7.86. The lowest BCUT2D eigenvalue weighted by atomic mass is 9.81. The highest BCUT2D eigenvalue weighted by molar-refractivity contribution is 5.79. The molecule has 3 aliphatic rings. The van der Waals surface area contributed by atoms with E-state index in [1.54, 1.807) is 6.20 Å². The Kier molecular flexibility index (Phi) is 5.97. The predicted molar refractivity (Wildman–Crippen MR) is 124 cm³/mol. The summed E-state index contributed by atoms with van der Waals surface area (Å²) in [6, 6.07) is 19.0. The van der Waals surface area contributed by atoms with E-state index in [9.17, 15) is 10.1 Å². The molecule has 1 aliphatic carbocycles. The third kappa shape index (κ3) is 4.42. The molecule has 5 rings (SSSR count). The van der Waals surface area contributed by atoms with Crippen molar-refractivity contribution in [1.82, 2.24) is 14.8 Å². The first-order valence-electron chi connectivity index (χ1n) is 12.0. The van der Waals surface area contributed by atoms with E-state index in [0.29, 0.717) is 25.9 Å². The van der Waals surface area contributed by atoms with Crippen molar-refractivity contribution in [3.63, 3.8) is 0 Å². The zero-order valence-corrected chi connectivity index (χ0v) is 18.7. The molecule has 5 nitrogen and oxygen atoms in total. The molecule has 2 aliphatic heterocycles. The number of benzene rings is 1. The molecule has 2 atom stereocenters. The Bertz CT molecular complexity index is 956. The van der Waals surface area contributed by atoms with Gasteiger partial charge >= 0.3 is 0 Å². The second-order valence-corrected chi connectivity index (χ2v) is 9.99. The van der Waals surface area contributed by atoms with Crippen LogP contribution in [0, 0.1) is 23.2 Å². The van der Waals surface area contributed by atoms with Crippen LogP contribution in [0.5, 0.6) is 0 Å². The van der Waals surface area contributed by atoms with Gasteiger partial charge in [-0.05, 0) is 74.2 Å². The SMILES string of the molecule is N#CCC1(N2CCC(C[C@@H]3CC3c3ccccc3)CC2)CN(C(=O)Cc2ccccn2)C1. The number of carbonyl (C=O) groups excluding carboxylic acids is 1. The van der Waals surface area contributed by atoms with Crippen molar-refractivity contribution in [2.75, 3.05) is 26.2 Å². The highest BCUT2D eigenvalue weighted by Gasteiger charge is 2.50. The lowest BCUT2D eigenvalue weighted by Crippen LogP contribution is -2.72. The number of piperidine rings is 1. The average Bonchev–Trinajstić information content (AvgIpc) is 3.57. The number of nitrogens with zero attached hydrogens (tertiary/aromatic N) is 4. The number of hydrogen-bond donors (Lipinski definition) is 0. The number of pyridine rings is 1. The van der Waals surface area contributed by atoms with Crippen LogP contribution in [0.2, 0.25) is 0 Å². The lowest BCUT2D eigenvalue weighted by molar-refractivity contribution is -0.147. The first-order valence-corrected chi connectivity index (χ1v) is 12.0. The fourth-order valence-corrected chi connectivity index (χ4v) is 5.87. The van der Waals surface area contributed by atoms with E-state index in [2.05, 4.69) is 46.3 Å². The Morgan fingerprint density at radius 3 is 2.53 bits per heavy atom. The summed E-state index contributed by atoms with van der Waals surface area (Å²) in [6.07, 6.45) is 7.69. The Balaban J connectivity index is 1.11. The van der Waals surface area contributed by atoms with Crippen LogP contribution in [0.1, 0.15) is 49.3 Å². The summed E-state index contributed by atoms with van der Waals surface area (Å²) in [4.78, 5) is 21.4. The summed E-state index contributed by atoms with van der Waals surface area (Å²) in [5.74, 6) is 2.54. The molecule has 0 bridgehead atoms. The van der Waals surface area contributed by atoms with Gasteiger partial charge in [0.25, 0.3) is 0 Å². The van der Waals surface area contributed by atoms with Crippen molar-refractivity contribution in [3.05, 3.63) is 66.0 Å². The summed E-state index contributed by atoms with van der Waals surface area (Å²) < 4.78 is 0. The van der Waals surface area contributed by atoms with Crippen LogP contribution in [0.25, 0.3) is 0 Å². The van der Waals surface area contributed by atoms with Gasteiger partial charge in [-0.2, -0.15) is 5.26 Å². The molecule has 166 valence electrons. The topological polar surface area (TPSA) is 60.2 Å². The zero-order chi connectivity index (χ0) is 22.0. The number of nitriles is 1. The number of carbonyl (C=O) groups is 1. The van der Waals surface area contributed by atoms with E-state index in [4.69, 9.17) is 0 Å². The lowest BCUT2D eigenvalue weighted by Gasteiger charge is -2.56. The third-order valence-corrected chi connectivity index (χ3v) is 7.86. The molecule has 2 saturated heterocycles. The smallest absolute Gasteiger partial charge is 0.228 e. The van der Waals surface area contributed by atoms with Gasteiger partial charge in [-0.15, -0.1) is 0 Å². The maximum Gasteiger partial charge on any atom is 0.228 e. The molecular weight excluding hydrogens is 396 g/mol. The van der Waals surface area contributed by atoms with Crippen LogP contribution in [-0.4, -0.2) is 52.4 Å². The number of aromatic nitrogens is 1. The van der Waals surface area contributed by atoms with Gasteiger partial charge in [-0.25, -0.2) is 0 Å². The van der Waals surface area contributed by atoms with Crippen LogP contribution in [-0.2, 0) is 11.2 Å². The van der Waals surface area contributed by atoms with Crippen LogP contribution in [0.4, 0.5) is 0 Å². The predicted octanol–water partition coefficient (Wildman–Crippen LogP) is 4.02. The normalized spacial score (nSPS) is 25.0. The van der Waals surface area contributed by atoms with E-state index >= 15 is 0 Å². The monoisotopic (exact) mass is 428 g/mol. The van der Waals surface area contributed by atoms with Crippen LogP contribution in [0.15, 0.2) is 54.7 Å². The van der Waals surface area contributed by atoms with Gasteiger partial charge in [0, 0.05) is 25.0 Å². The second-order valence-electron chi connectivity index (χ2n) is 9.99. The molecule has 5 heteroatoms. The molecule has 0 spiro atoms. The van der Waals surface area contributed by atoms with E-state index in [0.717, 1.165) is 36.5 Å². The molecule has 2 aromatic rings. The molecule has 3 fully saturated rings. The van der Waals surface area contributed by atoms with Gasteiger partial charge in [0.1, 0.15) is 0 Å². The molecule has 32 heavy (non-hydrogen) atoms. The molecule has 1 aromatic heterocycles. The number of likely N-dealkylation sites (tertiary alicyclic amines) is 2. The van der Waals surface area contributed by atoms with Gasteiger partial charge in [0.15, 0.2) is 0 Å². The van der Waals surface area contributed by atoms with Gasteiger partial charge < -0.3 is 4.90 Å². The Morgan fingerprint density at radius 1 is 1.09 bits per heavy atom. The van der Waals surface area contributed by atoms with Gasteiger partial charge in [0.2, 0.25) is 5.91 Å². The van der Waals surface area contributed by atoms with Crippen LogP contribution < -0.4 is 0 Å². The summed E-state index contributed by atoms with van der Waals surface area (Å²) in [7, 11) is 0. The van der Waals surface area contributed by atoms with Gasteiger partial charge in [-0.1, -0.05) is 36.4 Å². The largest absolute Gasteiger partial charge is 0.338 e. The van der Waals surface area contributed by atoms with Crippen molar-refractivity contribution >= 4 is 5.91 Å². The molecule has 1 amide bonds. The maximum absolute atomic E-state index is 12.7. The number of rotatable bonds is 7. The Labute approximate surface area is 191 Å². The number of amides is 1. The standard InChI is InChI=1S/C27H32N4O/c28-12-11-27(19-30(20-27)26(32)18-24-8-4-5-13-29-24)31-14-9-21(10-15-31)16-23-17-25(23)22-6-2-1-3-7-22/h1-8,13,21,23,25H,9-11,14-20H2/t23-,25?/m1/s1. The average molecular weight is 429 g/mol. The highest BCUT2D eigenvalue weighted by Crippen LogP contribution is 2.52. The van der Waals surface area contributed by atoms with E-state index in [-0.39, 0.29) is 11.4 Å². The Morgan fingerprint density at radius 2 is 1.84 bits per heavy atom. The van der Waals surface area contributed by atoms with E-state index in [1.807, 2.05) is 23.1 Å². The first kappa shape index (κ1) is 21.2. The van der Waals surface area contributed by atoms with Crippen LogP contribution >= 0.6 is 0 Å². The molecule has 1 unspecified atom stereocenters. The summed E-state index contributed by atoms with van der Waals surface area (Å²) in [5.41, 5.74) is 2.17. The van der Waals surface area contributed by atoms with E-state index < -0.39 is 0 Å². The highest BCUT2D eigenvalue weighted by atomic mass is 16.2. The minimum Gasteiger partial charge on any atom is -0.338 e. The van der Waals surface area contributed by atoms with Crippen molar-refractivity contribution < 1.29 is 4.79 Å². The molecule has 1 saturated carbocycles. The van der Waals surface area contributed by atoms with Gasteiger partial charge in [-0.3, -0.25) is 14.7 Å². The summed E-state index contributed by atoms with van der Waals surface area (Å²) in [6.45, 7) is 3.46. The Hall–Kier alpha value is -2.71. The van der Waals surface area contributed by atoms with Crippen molar-refractivity contribution in [1.29, 1.82) is 5.26 Å². The van der Waals surface area contributed by atoms with Gasteiger partial charge in [0.05, 0.1) is 24.4 Å². The molecule has 1 aromatic carbocycles. The first-order chi connectivity index (χ1) is 15.7. The van der Waals surface area contributed by atoms with Crippen molar-refractivity contribution in [2.45, 2.75) is 50.0 Å². The van der Waals surface area contributed by atoms with Crippen molar-refractivity contribution in [2.24, 2.45) is 11.8 Å². The quantitative estimate of drug-likeness (QED) is 0.668. The molecule has 3 heterocycles. The molecular formula is C27H32N4O. The fraction of sp³-hybridized carbons (Fsp3) is 0.519. The summed E-state index contributed by atoms with van der Waals surface area (Å²) in [5, 5.41) is 9.48. The maximum atomic E-state index is 12.7. The van der Waals surface area contributed by atoms with Crippen LogP contribution in [0.3, 0.4) is 0 Å². The second kappa shape index (κ2) is 9.03. The summed E-state index contributed by atoms with van der Waals surface area (Å²) >= 11 is 0. The zero-order valence-electron chi connectivity index (χ0n) is 18.7. The van der Waals surface area contributed by atoms with E-state index in [1.165, 1.54) is 31.2 Å². The molecule has 0 radical (unpaired) electrons. The fourth-order valence-electron chi connectivity index (χ4n) is 5.87. The van der Waals surface area contributed by atoms with Crippen molar-refractivity contribution in [3.8, 4) is 6.07 Å². The molecule has 0 N–H and O–H groups in total. The minimum atomic E-state index is -0.147.